The first-order chi connectivity index (χ1) is 8.70. The second-order valence-corrected chi connectivity index (χ2v) is 4.68. The van der Waals surface area contributed by atoms with Gasteiger partial charge in [-0.1, -0.05) is 6.92 Å². The second kappa shape index (κ2) is 7.47. The molecule has 2 heterocycles. The molecule has 1 aromatic heterocycles. The number of aromatic nitrogens is 2. The monoisotopic (exact) mass is 288 g/mol. The largest absolute Gasteiger partial charge is 0.383 e. The van der Waals surface area contributed by atoms with Crippen LogP contribution in [0.4, 0.5) is 5.69 Å². The summed E-state index contributed by atoms with van der Waals surface area (Å²) in [5.41, 5.74) is 0.746. The Morgan fingerprint density at radius 3 is 3.00 bits per heavy atom. The lowest BCUT2D eigenvalue weighted by atomic mass is 9.88. The number of ether oxygens (including phenoxy) is 1. The van der Waals surface area contributed by atoms with E-state index in [1.54, 1.807) is 18.0 Å². The van der Waals surface area contributed by atoms with Crippen molar-refractivity contribution in [2.45, 2.75) is 13.5 Å². The molecule has 108 valence electrons. The highest BCUT2D eigenvalue weighted by Crippen LogP contribution is 2.18. The summed E-state index contributed by atoms with van der Waals surface area (Å²) < 4.78 is 6.73. The van der Waals surface area contributed by atoms with E-state index in [2.05, 4.69) is 15.7 Å². The van der Waals surface area contributed by atoms with E-state index in [4.69, 9.17) is 4.74 Å². The van der Waals surface area contributed by atoms with Gasteiger partial charge in [-0.25, -0.2) is 0 Å². The van der Waals surface area contributed by atoms with Gasteiger partial charge in [-0.3, -0.25) is 9.48 Å². The molecule has 2 rings (SSSR count). The summed E-state index contributed by atoms with van der Waals surface area (Å²) >= 11 is 0. The Balaban J connectivity index is 0.00000180. The maximum absolute atomic E-state index is 12.0. The predicted octanol–water partition coefficient (Wildman–Crippen LogP) is 0.745. The number of carbonyl (C=O) groups excluding carboxylic acids is 1. The summed E-state index contributed by atoms with van der Waals surface area (Å²) in [5.74, 6) is 0.551. The maximum atomic E-state index is 12.0. The van der Waals surface area contributed by atoms with E-state index in [9.17, 15) is 4.79 Å². The van der Waals surface area contributed by atoms with Crippen LogP contribution in [0.1, 0.15) is 6.92 Å². The van der Waals surface area contributed by atoms with Crippen LogP contribution in [0.25, 0.3) is 0 Å². The van der Waals surface area contributed by atoms with Gasteiger partial charge < -0.3 is 15.4 Å². The summed E-state index contributed by atoms with van der Waals surface area (Å²) in [6.45, 7) is 5.13. The molecule has 1 aromatic rings. The molecule has 1 aliphatic heterocycles. The van der Waals surface area contributed by atoms with Crippen molar-refractivity contribution in [3.63, 3.8) is 0 Å². The van der Waals surface area contributed by atoms with Gasteiger partial charge in [0.1, 0.15) is 0 Å². The first kappa shape index (κ1) is 15.9. The molecule has 6 nitrogen and oxygen atoms in total. The molecule has 0 spiro atoms. The van der Waals surface area contributed by atoms with Crippen LogP contribution in [0.2, 0.25) is 0 Å². The van der Waals surface area contributed by atoms with E-state index in [1.807, 2.05) is 13.1 Å². The molecule has 1 aliphatic rings. The van der Waals surface area contributed by atoms with Crippen LogP contribution in [0.3, 0.4) is 0 Å². The molecule has 1 unspecified atom stereocenters. The molecule has 0 aliphatic carbocycles. The van der Waals surface area contributed by atoms with Crippen molar-refractivity contribution in [3.8, 4) is 0 Å². The molecule has 0 radical (unpaired) electrons. The molecule has 1 atom stereocenters. The van der Waals surface area contributed by atoms with Crippen molar-refractivity contribution >= 4 is 24.0 Å². The Hall–Kier alpha value is -1.11. The minimum Gasteiger partial charge on any atom is -0.383 e. The number of amides is 1. The van der Waals surface area contributed by atoms with Gasteiger partial charge in [-0.15, -0.1) is 12.4 Å². The second-order valence-electron chi connectivity index (χ2n) is 4.68. The zero-order chi connectivity index (χ0) is 13.0. The maximum Gasteiger partial charge on any atom is 0.227 e. The average molecular weight is 289 g/mol. The number of carbonyl (C=O) groups is 1. The van der Waals surface area contributed by atoms with Crippen LogP contribution in [0, 0.1) is 11.8 Å². The molecular formula is C12H21ClN4O2. The summed E-state index contributed by atoms with van der Waals surface area (Å²) in [4.78, 5) is 12.0. The molecule has 1 fully saturated rings. The molecule has 0 saturated carbocycles. The summed E-state index contributed by atoms with van der Waals surface area (Å²) in [5, 5.41) is 10.2. The molecule has 1 amide bonds. The Labute approximate surface area is 119 Å². The fourth-order valence-corrected chi connectivity index (χ4v) is 1.87. The van der Waals surface area contributed by atoms with Crippen LogP contribution in [0.5, 0.6) is 0 Å². The highest BCUT2D eigenvalue weighted by atomic mass is 35.5. The smallest absolute Gasteiger partial charge is 0.227 e. The standard InChI is InChI=1S/C12H20N4O2.ClH/c1-9(10-5-13-6-10)12(17)15-11-7-14-16(8-11)3-4-18-2;/h7-10,13H,3-6H2,1-2H3,(H,15,17);1H. The first-order valence-corrected chi connectivity index (χ1v) is 6.23. The van der Waals surface area contributed by atoms with E-state index in [0.29, 0.717) is 19.1 Å². The van der Waals surface area contributed by atoms with E-state index in [1.165, 1.54) is 0 Å². The zero-order valence-corrected chi connectivity index (χ0v) is 12.1. The quantitative estimate of drug-likeness (QED) is 0.810. The van der Waals surface area contributed by atoms with E-state index in [-0.39, 0.29) is 24.2 Å². The van der Waals surface area contributed by atoms with Gasteiger partial charge in [0, 0.05) is 19.2 Å². The lowest BCUT2D eigenvalue weighted by Crippen LogP contribution is -2.48. The van der Waals surface area contributed by atoms with Crippen LogP contribution in [-0.2, 0) is 16.1 Å². The van der Waals surface area contributed by atoms with Crippen molar-refractivity contribution in [2.75, 3.05) is 32.1 Å². The van der Waals surface area contributed by atoms with Crippen LogP contribution < -0.4 is 10.6 Å². The van der Waals surface area contributed by atoms with Crippen molar-refractivity contribution in [1.29, 1.82) is 0 Å². The van der Waals surface area contributed by atoms with E-state index >= 15 is 0 Å². The average Bonchev–Trinajstić information content (AvgIpc) is 2.71. The fraction of sp³-hybridized carbons (Fsp3) is 0.667. The molecule has 1 saturated heterocycles. The van der Waals surface area contributed by atoms with Crippen LogP contribution in [0.15, 0.2) is 12.4 Å². The number of anilines is 1. The minimum absolute atomic E-state index is 0. The van der Waals surface area contributed by atoms with Crippen molar-refractivity contribution in [1.82, 2.24) is 15.1 Å². The van der Waals surface area contributed by atoms with Crippen molar-refractivity contribution < 1.29 is 9.53 Å². The Morgan fingerprint density at radius 2 is 2.42 bits per heavy atom. The number of nitrogens with zero attached hydrogens (tertiary/aromatic N) is 2. The number of hydrogen-bond donors (Lipinski definition) is 2. The van der Waals surface area contributed by atoms with Gasteiger partial charge in [0.15, 0.2) is 0 Å². The van der Waals surface area contributed by atoms with E-state index < -0.39 is 0 Å². The third kappa shape index (κ3) is 4.19. The summed E-state index contributed by atoms with van der Waals surface area (Å²) in [6.07, 6.45) is 3.49. The molecule has 0 aromatic carbocycles. The molecule has 7 heteroatoms. The van der Waals surface area contributed by atoms with Crippen molar-refractivity contribution in [3.05, 3.63) is 12.4 Å². The Morgan fingerprint density at radius 1 is 1.68 bits per heavy atom. The first-order valence-electron chi connectivity index (χ1n) is 6.23. The van der Waals surface area contributed by atoms with Gasteiger partial charge in [0.25, 0.3) is 0 Å². The molecule has 0 bridgehead atoms. The fourth-order valence-electron chi connectivity index (χ4n) is 1.87. The lowest BCUT2D eigenvalue weighted by Gasteiger charge is -2.31. The number of methoxy groups -OCH3 is 1. The Kier molecular flexibility index (Phi) is 6.27. The van der Waals surface area contributed by atoms with Gasteiger partial charge in [-0.05, 0) is 19.0 Å². The minimum atomic E-state index is 0. The molecule has 19 heavy (non-hydrogen) atoms. The lowest BCUT2D eigenvalue weighted by molar-refractivity contribution is -0.121. The van der Waals surface area contributed by atoms with Crippen LogP contribution >= 0.6 is 12.4 Å². The third-order valence-electron chi connectivity index (χ3n) is 3.36. The van der Waals surface area contributed by atoms with E-state index in [0.717, 1.165) is 18.8 Å². The highest BCUT2D eigenvalue weighted by molar-refractivity contribution is 5.92. The third-order valence-corrected chi connectivity index (χ3v) is 3.36. The van der Waals surface area contributed by atoms with Crippen LogP contribution in [-0.4, -0.2) is 42.5 Å². The predicted molar refractivity (Wildman–Crippen MR) is 75.5 cm³/mol. The molecule has 2 N–H and O–H groups in total. The summed E-state index contributed by atoms with van der Waals surface area (Å²) in [6, 6.07) is 0. The van der Waals surface area contributed by atoms with Crippen molar-refractivity contribution in [2.24, 2.45) is 11.8 Å². The SMILES string of the molecule is COCCn1cc(NC(=O)C(C)C2CNC2)cn1.Cl. The zero-order valence-electron chi connectivity index (χ0n) is 11.3. The number of halogens is 1. The van der Waals surface area contributed by atoms with Gasteiger partial charge in [0.2, 0.25) is 5.91 Å². The highest BCUT2D eigenvalue weighted by Gasteiger charge is 2.28. The van der Waals surface area contributed by atoms with Gasteiger partial charge in [0.05, 0.1) is 25.0 Å². The molecular weight excluding hydrogens is 268 g/mol. The topological polar surface area (TPSA) is 68.2 Å². The number of hydrogen-bond acceptors (Lipinski definition) is 4. The summed E-state index contributed by atoms with van der Waals surface area (Å²) in [7, 11) is 1.65. The normalized spacial score (nSPS) is 16.3. The Bertz CT molecular complexity index is 406. The van der Waals surface area contributed by atoms with Gasteiger partial charge >= 0.3 is 0 Å². The number of nitrogens with one attached hydrogen (secondary N) is 2. The van der Waals surface area contributed by atoms with Gasteiger partial charge in [-0.2, -0.15) is 5.10 Å². The number of rotatable bonds is 6.